The summed E-state index contributed by atoms with van der Waals surface area (Å²) < 4.78 is 7.13. The molecule has 0 aromatic carbocycles. The molecule has 0 spiro atoms. The fraction of sp³-hybridized carbons (Fsp3) is 0.500. The molecular formula is C24H26N4O3S2. The lowest BCUT2D eigenvalue weighted by molar-refractivity contribution is -0.119. The standard InChI is InChI=1S/C24H26N4O3S2/c1-15-6-7-17-18(11-15)33-21-20(17)22(30)28(12-16-5-4-10-31-16)23(26-21)32-13-19(29)27-24(14-25)8-2-3-9-24/h4-5,10,15H,2-3,6-9,11-13H2,1H3,(H,27,29). The number of carbonyl (C=O) groups excluding carboxylic acids is 1. The monoisotopic (exact) mass is 482 g/mol. The number of rotatable bonds is 6. The van der Waals surface area contributed by atoms with Crippen molar-refractivity contribution in [1.82, 2.24) is 14.9 Å². The van der Waals surface area contributed by atoms with Crippen LogP contribution in [0, 0.1) is 17.2 Å². The second kappa shape index (κ2) is 8.99. The minimum absolute atomic E-state index is 0.0735. The van der Waals surface area contributed by atoms with E-state index in [9.17, 15) is 14.9 Å². The Labute approximate surface area is 200 Å². The highest BCUT2D eigenvalue weighted by atomic mass is 32.2. The summed E-state index contributed by atoms with van der Waals surface area (Å²) in [5, 5.41) is 13.7. The van der Waals surface area contributed by atoms with Crippen molar-refractivity contribution in [2.45, 2.75) is 69.1 Å². The van der Waals surface area contributed by atoms with Crippen LogP contribution in [0.4, 0.5) is 0 Å². The molecule has 0 bridgehead atoms. The van der Waals surface area contributed by atoms with Gasteiger partial charge in [-0.15, -0.1) is 11.3 Å². The van der Waals surface area contributed by atoms with Crippen molar-refractivity contribution in [1.29, 1.82) is 5.26 Å². The van der Waals surface area contributed by atoms with Gasteiger partial charge < -0.3 is 9.73 Å². The van der Waals surface area contributed by atoms with Gasteiger partial charge in [0.15, 0.2) is 5.16 Å². The molecule has 1 amide bonds. The molecule has 1 fully saturated rings. The predicted molar refractivity (Wildman–Crippen MR) is 129 cm³/mol. The molecule has 1 saturated carbocycles. The summed E-state index contributed by atoms with van der Waals surface area (Å²) in [5.74, 6) is 1.16. The molecule has 1 atom stereocenters. The highest BCUT2D eigenvalue weighted by Crippen LogP contribution is 2.36. The van der Waals surface area contributed by atoms with Gasteiger partial charge in [-0.1, -0.05) is 18.7 Å². The number of aromatic nitrogens is 2. The fourth-order valence-corrected chi connectivity index (χ4v) is 7.11. The van der Waals surface area contributed by atoms with Crippen molar-refractivity contribution >= 4 is 39.2 Å². The number of thiophene rings is 1. The highest BCUT2D eigenvalue weighted by Gasteiger charge is 2.35. The number of carbonyl (C=O) groups is 1. The summed E-state index contributed by atoms with van der Waals surface area (Å²) in [6, 6.07) is 5.92. The number of nitriles is 1. The van der Waals surface area contributed by atoms with Gasteiger partial charge in [-0.3, -0.25) is 14.2 Å². The van der Waals surface area contributed by atoms with E-state index in [4.69, 9.17) is 9.40 Å². The maximum atomic E-state index is 13.6. The van der Waals surface area contributed by atoms with E-state index in [-0.39, 0.29) is 23.8 Å². The molecule has 0 radical (unpaired) electrons. The van der Waals surface area contributed by atoms with Crippen molar-refractivity contribution in [3.63, 3.8) is 0 Å². The zero-order chi connectivity index (χ0) is 23.0. The van der Waals surface area contributed by atoms with Crippen LogP contribution in [-0.2, 0) is 24.2 Å². The number of thioether (sulfide) groups is 1. The largest absolute Gasteiger partial charge is 0.467 e. The molecule has 2 aliphatic rings. The van der Waals surface area contributed by atoms with Crippen molar-refractivity contribution < 1.29 is 9.21 Å². The Morgan fingerprint density at radius 2 is 2.27 bits per heavy atom. The quantitative estimate of drug-likeness (QED) is 0.416. The van der Waals surface area contributed by atoms with Crippen LogP contribution in [0.2, 0.25) is 0 Å². The lowest BCUT2D eigenvalue weighted by Gasteiger charge is -2.21. The average molecular weight is 483 g/mol. The van der Waals surface area contributed by atoms with Crippen molar-refractivity contribution in [3.05, 3.63) is 45.0 Å². The van der Waals surface area contributed by atoms with E-state index in [1.807, 2.05) is 6.07 Å². The number of nitrogens with zero attached hydrogens (tertiary/aromatic N) is 3. The summed E-state index contributed by atoms with van der Waals surface area (Å²) in [6.07, 6.45) is 7.82. The van der Waals surface area contributed by atoms with Crippen LogP contribution in [0.15, 0.2) is 32.8 Å². The maximum Gasteiger partial charge on any atom is 0.263 e. The molecule has 172 valence electrons. The van der Waals surface area contributed by atoms with Crippen LogP contribution in [0.5, 0.6) is 0 Å². The Morgan fingerprint density at radius 1 is 1.45 bits per heavy atom. The number of nitrogens with one attached hydrogen (secondary N) is 1. The molecule has 1 unspecified atom stereocenters. The van der Waals surface area contributed by atoms with Gasteiger partial charge >= 0.3 is 0 Å². The van der Waals surface area contributed by atoms with E-state index >= 15 is 0 Å². The Hall–Kier alpha value is -2.57. The van der Waals surface area contributed by atoms with Gasteiger partial charge in [0.05, 0.1) is 30.0 Å². The van der Waals surface area contributed by atoms with Crippen LogP contribution in [0.3, 0.4) is 0 Å². The first-order valence-corrected chi connectivity index (χ1v) is 13.2. The smallest absolute Gasteiger partial charge is 0.263 e. The van der Waals surface area contributed by atoms with Gasteiger partial charge in [0.25, 0.3) is 5.56 Å². The zero-order valence-corrected chi connectivity index (χ0v) is 20.2. The van der Waals surface area contributed by atoms with Crippen molar-refractivity contribution in [3.8, 4) is 6.07 Å². The van der Waals surface area contributed by atoms with Gasteiger partial charge in [-0.2, -0.15) is 5.26 Å². The highest BCUT2D eigenvalue weighted by molar-refractivity contribution is 7.99. The lowest BCUT2D eigenvalue weighted by atomic mass is 9.89. The lowest BCUT2D eigenvalue weighted by Crippen LogP contribution is -2.45. The molecule has 0 aliphatic heterocycles. The van der Waals surface area contributed by atoms with Crippen molar-refractivity contribution in [2.75, 3.05) is 5.75 Å². The molecule has 3 heterocycles. The third-order valence-corrected chi connectivity index (χ3v) is 8.78. The SMILES string of the molecule is CC1CCc2c(sc3nc(SCC(=O)NC4(C#N)CCCC4)n(Cc4ccco4)c(=O)c23)C1. The number of aryl methyl sites for hydroxylation is 1. The topological polar surface area (TPSA) is 101 Å². The van der Waals surface area contributed by atoms with Gasteiger partial charge in [0.2, 0.25) is 5.91 Å². The summed E-state index contributed by atoms with van der Waals surface area (Å²) in [6.45, 7) is 2.51. The van der Waals surface area contributed by atoms with Crippen LogP contribution in [0.1, 0.15) is 55.2 Å². The molecule has 33 heavy (non-hydrogen) atoms. The number of hydrogen-bond acceptors (Lipinski definition) is 7. The normalized spacial score (nSPS) is 19.3. The van der Waals surface area contributed by atoms with Gasteiger partial charge in [0.1, 0.15) is 16.1 Å². The maximum absolute atomic E-state index is 13.6. The molecule has 5 rings (SSSR count). The first-order valence-electron chi connectivity index (χ1n) is 11.4. The van der Waals surface area contributed by atoms with Gasteiger partial charge in [-0.25, -0.2) is 4.98 Å². The zero-order valence-electron chi connectivity index (χ0n) is 18.6. The molecule has 1 N–H and O–H groups in total. The molecular weight excluding hydrogens is 456 g/mol. The Balaban J connectivity index is 1.47. The van der Waals surface area contributed by atoms with Crippen LogP contribution in [0.25, 0.3) is 10.2 Å². The summed E-state index contributed by atoms with van der Waals surface area (Å²) in [5.41, 5.74) is 0.313. The number of hydrogen-bond donors (Lipinski definition) is 1. The second-order valence-electron chi connectivity index (χ2n) is 9.13. The van der Waals surface area contributed by atoms with E-state index in [1.54, 1.807) is 28.2 Å². The minimum Gasteiger partial charge on any atom is -0.467 e. The minimum atomic E-state index is -0.758. The molecule has 3 aromatic heterocycles. The molecule has 0 saturated heterocycles. The van der Waals surface area contributed by atoms with Crippen LogP contribution in [-0.4, -0.2) is 26.8 Å². The van der Waals surface area contributed by atoms with E-state index in [2.05, 4.69) is 18.3 Å². The van der Waals surface area contributed by atoms with E-state index in [1.165, 1.54) is 16.6 Å². The van der Waals surface area contributed by atoms with Crippen LogP contribution < -0.4 is 10.9 Å². The van der Waals surface area contributed by atoms with Gasteiger partial charge in [-0.05, 0) is 68.6 Å². The van der Waals surface area contributed by atoms with E-state index in [0.29, 0.717) is 29.7 Å². The first kappa shape index (κ1) is 22.2. The molecule has 3 aromatic rings. The third-order valence-electron chi connectivity index (χ3n) is 6.66. The third kappa shape index (κ3) is 4.34. The number of furan rings is 1. The Bertz CT molecular complexity index is 1280. The van der Waals surface area contributed by atoms with Gasteiger partial charge in [0, 0.05) is 4.88 Å². The van der Waals surface area contributed by atoms with E-state index < -0.39 is 5.54 Å². The Morgan fingerprint density at radius 3 is 3.00 bits per heavy atom. The van der Waals surface area contributed by atoms with Crippen molar-refractivity contribution in [2.24, 2.45) is 5.92 Å². The van der Waals surface area contributed by atoms with E-state index in [0.717, 1.165) is 47.9 Å². The fourth-order valence-electron chi connectivity index (χ4n) is 4.89. The molecule has 2 aliphatic carbocycles. The average Bonchev–Trinajstić information content (AvgIpc) is 3.54. The first-order chi connectivity index (χ1) is 16.0. The summed E-state index contributed by atoms with van der Waals surface area (Å²) >= 11 is 2.85. The number of fused-ring (bicyclic) bond motifs is 3. The predicted octanol–water partition coefficient (Wildman–Crippen LogP) is 4.27. The van der Waals surface area contributed by atoms with Crippen LogP contribution >= 0.6 is 23.1 Å². The number of amides is 1. The summed E-state index contributed by atoms with van der Waals surface area (Å²) in [7, 11) is 0. The second-order valence-corrected chi connectivity index (χ2v) is 11.2. The molecule has 9 heteroatoms. The summed E-state index contributed by atoms with van der Waals surface area (Å²) in [4.78, 5) is 33.2. The molecule has 7 nitrogen and oxygen atoms in total. The Kier molecular flexibility index (Phi) is 6.06.